The molecule has 0 rings (SSSR count). The molecule has 0 aliphatic rings. The molecule has 0 aromatic rings. The second-order valence-corrected chi connectivity index (χ2v) is 28.8. The fourth-order valence-corrected chi connectivity index (χ4v) is 11.5. The van der Waals surface area contributed by atoms with Crippen LogP contribution in [0.4, 0.5) is 0 Å². The third kappa shape index (κ3) is 76.4. The molecule has 0 heterocycles. The van der Waals surface area contributed by atoms with Gasteiger partial charge in [0.15, 0.2) is 12.2 Å². The molecule has 106 heavy (non-hydrogen) atoms. The minimum Gasteiger partial charge on any atom is -0.462 e. The van der Waals surface area contributed by atoms with Gasteiger partial charge in [0.1, 0.15) is 19.3 Å². The van der Waals surface area contributed by atoms with Gasteiger partial charge in [-0.3, -0.25) is 37.3 Å². The topological polar surface area (TPSA) is 237 Å². The molecule has 5 atom stereocenters. The quantitative estimate of drug-likeness (QED) is 0.0169. The number of carbonyl (C=O) groups excluding carboxylic acids is 4. The lowest BCUT2D eigenvalue weighted by atomic mass is 10.0. The Morgan fingerprint density at radius 3 is 0.830 bits per heavy atom. The number of hydrogen-bond donors (Lipinski definition) is 3. The first kappa shape index (κ1) is 100. The van der Waals surface area contributed by atoms with Crippen LogP contribution in [0.5, 0.6) is 0 Å². The molecule has 0 aromatic heterocycles. The van der Waals surface area contributed by atoms with E-state index in [-0.39, 0.29) is 25.7 Å². The van der Waals surface area contributed by atoms with E-state index in [0.717, 1.165) is 148 Å². The van der Waals surface area contributed by atoms with Crippen LogP contribution in [-0.2, 0) is 65.4 Å². The summed E-state index contributed by atoms with van der Waals surface area (Å²) in [6, 6.07) is 0. The van der Waals surface area contributed by atoms with Crippen LogP contribution in [0.25, 0.3) is 0 Å². The van der Waals surface area contributed by atoms with Gasteiger partial charge in [0.25, 0.3) is 0 Å². The fourth-order valence-electron chi connectivity index (χ4n) is 9.91. The number of ether oxygens (including phenoxy) is 4. The van der Waals surface area contributed by atoms with Gasteiger partial charge < -0.3 is 33.8 Å². The lowest BCUT2D eigenvalue weighted by Crippen LogP contribution is -2.30. The lowest BCUT2D eigenvalue weighted by Gasteiger charge is -2.21. The Kier molecular flexibility index (Phi) is 73.1. The molecule has 0 aromatic carbocycles. The highest BCUT2D eigenvalue weighted by Crippen LogP contribution is 2.45. The summed E-state index contributed by atoms with van der Waals surface area (Å²) in [5.41, 5.74) is 0. The Labute approximate surface area is 641 Å². The van der Waals surface area contributed by atoms with Crippen molar-refractivity contribution in [1.29, 1.82) is 0 Å². The van der Waals surface area contributed by atoms with Gasteiger partial charge in [-0.15, -0.1) is 0 Å². The van der Waals surface area contributed by atoms with E-state index in [4.69, 9.17) is 37.0 Å². The molecule has 0 bridgehead atoms. The van der Waals surface area contributed by atoms with E-state index in [9.17, 15) is 43.2 Å². The second-order valence-electron chi connectivity index (χ2n) is 25.9. The Hall–Kier alpha value is -5.84. The normalized spacial score (nSPS) is 14.8. The van der Waals surface area contributed by atoms with Crippen molar-refractivity contribution < 1.29 is 80.2 Å². The van der Waals surface area contributed by atoms with Gasteiger partial charge in [-0.05, 0) is 148 Å². The van der Waals surface area contributed by atoms with Crippen LogP contribution in [0.1, 0.15) is 285 Å². The maximum absolute atomic E-state index is 13.1. The average molecular weight is 1520 g/mol. The first-order valence-electron chi connectivity index (χ1n) is 40.0. The molecule has 0 spiro atoms. The van der Waals surface area contributed by atoms with Crippen molar-refractivity contribution in [2.24, 2.45) is 0 Å². The Morgan fingerprint density at radius 1 is 0.274 bits per heavy atom. The SMILES string of the molecule is CC/C=C\C/C=C\C/C=C\C/C=C\C/C=C\C/C=C\CCC(=O)OCC(COP(=O)(O)OCC(O)COP(=O)(O)OCC(COC(=O)CCCC/C=C\C/C=C\C/C=C\C/C=C\CC)OC(=O)CCCCCCCCCCCCCCC)OC(=O)CCCCC/C=C\C/C=C\C/C=C\C/C=C\C/C=C\CC. The van der Waals surface area contributed by atoms with E-state index >= 15 is 0 Å². The number of allylic oxidation sites excluding steroid dienone is 30. The highest BCUT2D eigenvalue weighted by Gasteiger charge is 2.30. The molecule has 19 heteroatoms. The van der Waals surface area contributed by atoms with E-state index < -0.39 is 97.5 Å². The molecule has 5 unspecified atom stereocenters. The molecule has 0 aliphatic heterocycles. The third-order valence-corrected chi connectivity index (χ3v) is 17.8. The van der Waals surface area contributed by atoms with Crippen molar-refractivity contribution in [3.63, 3.8) is 0 Å². The zero-order valence-electron chi connectivity index (χ0n) is 65.5. The molecule has 600 valence electrons. The standard InChI is InChI=1S/C87H140O17P2/c1-5-9-13-17-21-25-29-33-36-38-40-42-45-49-52-56-60-64-68-72-85(90)98-78-83(104-87(92)74-70-66-62-58-54-50-46-43-41-39-37-34-30-26-22-18-14-10-6-2)80-102-106(95,96)100-76-81(88)75-99-105(93,94)101-79-82(103-86(91)73-69-65-61-57-53-47-32-28-24-20-16-12-8-4)77-97-84(89)71-67-63-59-55-51-48-44-35-31-27-23-19-15-11-7-3/h9-11,13-15,21-23,25-27,33-37,40-44,49-52,54-55,60,64,81-83,88H,5-8,12,16-20,24,28-32,38-39,45-48,53,56-59,61-63,65-80H2,1-4H3,(H,93,94)(H,95,96)/b13-9-,14-10-,15-11-,25-21-,26-22-,27-23-,36-33-,37-34-,42-40-,43-41-,44-35-,52-49-,54-50-,55-51-,64-60-. The van der Waals surface area contributed by atoms with Gasteiger partial charge in [-0.2, -0.15) is 0 Å². The Morgan fingerprint density at radius 2 is 0.509 bits per heavy atom. The molecule has 0 radical (unpaired) electrons. The first-order chi connectivity index (χ1) is 51.7. The molecule has 3 N–H and O–H groups in total. The summed E-state index contributed by atoms with van der Waals surface area (Å²) in [7, 11) is -10.0. The number of carbonyl (C=O) groups is 4. The summed E-state index contributed by atoms with van der Waals surface area (Å²) in [5, 5.41) is 10.6. The number of rotatable bonds is 73. The molecule has 0 saturated heterocycles. The molecule has 0 fully saturated rings. The molecule has 0 amide bonds. The number of unbranched alkanes of at least 4 members (excludes halogenated alkanes) is 17. The highest BCUT2D eigenvalue weighted by molar-refractivity contribution is 7.47. The van der Waals surface area contributed by atoms with Crippen molar-refractivity contribution in [3.8, 4) is 0 Å². The second kappa shape index (κ2) is 77.3. The van der Waals surface area contributed by atoms with Crippen LogP contribution < -0.4 is 0 Å². The van der Waals surface area contributed by atoms with Gasteiger partial charge >= 0.3 is 39.5 Å². The maximum atomic E-state index is 13.1. The van der Waals surface area contributed by atoms with Crippen molar-refractivity contribution in [2.45, 2.75) is 303 Å². The van der Waals surface area contributed by atoms with Crippen LogP contribution in [0.3, 0.4) is 0 Å². The number of aliphatic hydroxyl groups is 1. The van der Waals surface area contributed by atoms with Gasteiger partial charge in [0, 0.05) is 25.7 Å². The minimum atomic E-state index is -5.02. The summed E-state index contributed by atoms with van der Waals surface area (Å²) < 4.78 is 68.5. The number of aliphatic hydroxyl groups excluding tert-OH is 1. The summed E-state index contributed by atoms with van der Waals surface area (Å²) in [4.78, 5) is 73.0. The van der Waals surface area contributed by atoms with Gasteiger partial charge in [0.05, 0.1) is 26.4 Å². The molecule has 0 saturated carbocycles. The largest absolute Gasteiger partial charge is 0.472 e. The van der Waals surface area contributed by atoms with E-state index in [0.29, 0.717) is 32.1 Å². The van der Waals surface area contributed by atoms with E-state index in [2.05, 4.69) is 192 Å². The highest BCUT2D eigenvalue weighted by atomic mass is 31.2. The van der Waals surface area contributed by atoms with Gasteiger partial charge in [0.2, 0.25) is 0 Å². The Balaban J connectivity index is 5.51. The number of esters is 4. The van der Waals surface area contributed by atoms with Crippen molar-refractivity contribution in [3.05, 3.63) is 182 Å². The monoisotopic (exact) mass is 1520 g/mol. The molecular weight excluding hydrogens is 1380 g/mol. The van der Waals surface area contributed by atoms with Gasteiger partial charge in [-0.25, -0.2) is 9.13 Å². The molecule has 0 aliphatic carbocycles. The van der Waals surface area contributed by atoms with Crippen molar-refractivity contribution in [2.75, 3.05) is 39.6 Å². The lowest BCUT2D eigenvalue weighted by molar-refractivity contribution is -0.161. The fraction of sp³-hybridized carbons (Fsp3) is 0.609. The Bertz CT molecular complexity index is 2730. The predicted octanol–water partition coefficient (Wildman–Crippen LogP) is 23.6. The van der Waals surface area contributed by atoms with E-state index in [1.54, 1.807) is 0 Å². The molecular formula is C87H140O17P2. The third-order valence-electron chi connectivity index (χ3n) is 15.9. The van der Waals surface area contributed by atoms with Gasteiger partial charge in [-0.1, -0.05) is 293 Å². The van der Waals surface area contributed by atoms with Crippen LogP contribution in [-0.4, -0.2) is 96.7 Å². The summed E-state index contributed by atoms with van der Waals surface area (Å²) >= 11 is 0. The summed E-state index contributed by atoms with van der Waals surface area (Å²) in [5.74, 6) is -2.37. The van der Waals surface area contributed by atoms with Crippen molar-refractivity contribution in [1.82, 2.24) is 0 Å². The smallest absolute Gasteiger partial charge is 0.462 e. The summed E-state index contributed by atoms with van der Waals surface area (Å²) in [6.07, 6.45) is 93.2. The predicted molar refractivity (Wildman–Crippen MR) is 436 cm³/mol. The first-order valence-corrected chi connectivity index (χ1v) is 43.0. The minimum absolute atomic E-state index is 0.0208. The molecule has 17 nitrogen and oxygen atoms in total. The average Bonchev–Trinajstić information content (AvgIpc) is 0.903. The summed E-state index contributed by atoms with van der Waals surface area (Å²) in [6.45, 7) is 4.34. The van der Waals surface area contributed by atoms with Crippen LogP contribution in [0.2, 0.25) is 0 Å². The number of phosphoric ester groups is 2. The maximum Gasteiger partial charge on any atom is 0.472 e. The van der Waals surface area contributed by atoms with Crippen LogP contribution >= 0.6 is 15.6 Å². The van der Waals surface area contributed by atoms with Crippen LogP contribution in [0.15, 0.2) is 182 Å². The zero-order chi connectivity index (χ0) is 77.4. The van der Waals surface area contributed by atoms with Crippen molar-refractivity contribution >= 4 is 39.5 Å². The van der Waals surface area contributed by atoms with E-state index in [1.807, 2.05) is 18.2 Å². The van der Waals surface area contributed by atoms with E-state index in [1.165, 1.54) is 51.4 Å². The zero-order valence-corrected chi connectivity index (χ0v) is 67.3. The van der Waals surface area contributed by atoms with Crippen LogP contribution in [0, 0.1) is 0 Å². The number of phosphoric acid groups is 2. The number of hydrogen-bond acceptors (Lipinski definition) is 15.